The van der Waals surface area contributed by atoms with Crippen molar-refractivity contribution in [3.63, 3.8) is 0 Å². The molecule has 0 saturated carbocycles. The topological polar surface area (TPSA) is 75.0 Å². The van der Waals surface area contributed by atoms with Gasteiger partial charge in [0.1, 0.15) is 5.75 Å². The van der Waals surface area contributed by atoms with E-state index in [2.05, 4.69) is 14.9 Å². The van der Waals surface area contributed by atoms with Gasteiger partial charge < -0.3 is 9.84 Å². The van der Waals surface area contributed by atoms with Crippen LogP contribution >= 0.6 is 0 Å². The highest BCUT2D eigenvalue weighted by atomic mass is 16.5. The number of rotatable bonds is 4. The number of aliphatic imine (C=N–C) groups is 1. The summed E-state index contributed by atoms with van der Waals surface area (Å²) in [6.07, 6.45) is 6.22. The van der Waals surface area contributed by atoms with Crippen molar-refractivity contribution in [3.8, 4) is 5.75 Å². The van der Waals surface area contributed by atoms with Crippen molar-refractivity contribution >= 4 is 11.7 Å². The van der Waals surface area contributed by atoms with E-state index in [0.717, 1.165) is 23.3 Å². The molecule has 6 heteroatoms. The van der Waals surface area contributed by atoms with Gasteiger partial charge in [-0.15, -0.1) is 0 Å². The molecule has 3 rings (SSSR count). The molecule has 22 heavy (non-hydrogen) atoms. The van der Waals surface area contributed by atoms with E-state index in [-0.39, 0.29) is 17.6 Å². The van der Waals surface area contributed by atoms with E-state index in [9.17, 15) is 9.90 Å². The first-order valence-corrected chi connectivity index (χ1v) is 7.29. The monoisotopic (exact) mass is 302 g/mol. The van der Waals surface area contributed by atoms with Gasteiger partial charge in [-0.05, 0) is 12.5 Å². The molecular formula is C16H19N3O3. The fourth-order valence-corrected chi connectivity index (χ4v) is 2.86. The average molecular weight is 302 g/mol. The van der Waals surface area contributed by atoms with Gasteiger partial charge in [-0.1, -0.05) is 6.08 Å². The number of likely N-dealkylation sites (tertiary alicyclic amines) is 1. The van der Waals surface area contributed by atoms with Crippen LogP contribution in [0.5, 0.6) is 5.75 Å². The molecule has 0 atom stereocenters. The molecule has 6 nitrogen and oxygen atoms in total. The number of hydrogen-bond donors (Lipinski definition) is 1. The second kappa shape index (κ2) is 5.88. The highest BCUT2D eigenvalue weighted by Crippen LogP contribution is 2.29. The molecule has 116 valence electrons. The number of carbonyl (C=O) groups excluding carboxylic acids is 1. The molecule has 2 aliphatic heterocycles. The lowest BCUT2D eigenvalue weighted by Gasteiger charge is -2.37. The van der Waals surface area contributed by atoms with Gasteiger partial charge in [-0.3, -0.25) is 19.7 Å². The summed E-state index contributed by atoms with van der Waals surface area (Å²) in [5, 5.41) is 10.4. The number of hydrogen-bond acceptors (Lipinski definition) is 6. The van der Waals surface area contributed by atoms with Gasteiger partial charge in [0.25, 0.3) is 0 Å². The summed E-state index contributed by atoms with van der Waals surface area (Å²) in [5.41, 5.74) is 3.18. The number of ether oxygens (including phenoxy) is 1. The molecule has 1 N–H and O–H groups in total. The Morgan fingerprint density at radius 1 is 1.50 bits per heavy atom. The lowest BCUT2D eigenvalue weighted by molar-refractivity contribution is -0.151. The van der Waals surface area contributed by atoms with Crippen LogP contribution in [-0.4, -0.2) is 46.9 Å². The maximum absolute atomic E-state index is 11.4. The molecule has 2 aliphatic rings. The average Bonchev–Trinajstić information content (AvgIpc) is 2.99. The molecular weight excluding hydrogens is 283 g/mol. The molecule has 0 aliphatic carbocycles. The predicted octanol–water partition coefficient (Wildman–Crippen LogP) is 1.41. The van der Waals surface area contributed by atoms with Crippen molar-refractivity contribution in [3.05, 3.63) is 35.3 Å². The van der Waals surface area contributed by atoms with Crippen LogP contribution in [0.1, 0.15) is 23.2 Å². The van der Waals surface area contributed by atoms with Crippen LogP contribution in [0.3, 0.4) is 0 Å². The maximum Gasteiger partial charge on any atom is 0.311 e. The van der Waals surface area contributed by atoms with Gasteiger partial charge in [-0.2, -0.15) is 0 Å². The largest absolute Gasteiger partial charge is 0.505 e. The normalized spacial score (nSPS) is 18.2. The second-order valence-corrected chi connectivity index (χ2v) is 5.67. The SMILES string of the molecule is COC(=O)C1CN(Cc2cnc(C)c(O)c2C2=[15N]C=CC2)C1. The Morgan fingerprint density at radius 2 is 2.27 bits per heavy atom. The Kier molecular flexibility index (Phi) is 3.94. The molecule has 1 fully saturated rings. The van der Waals surface area contributed by atoms with Crippen molar-refractivity contribution in [2.75, 3.05) is 20.2 Å². The molecule has 1 saturated heterocycles. The lowest BCUT2D eigenvalue weighted by Crippen LogP contribution is -2.50. The minimum absolute atomic E-state index is 0.0501. The van der Waals surface area contributed by atoms with E-state index in [1.807, 2.05) is 6.08 Å². The van der Waals surface area contributed by atoms with Gasteiger partial charge in [0, 0.05) is 44.0 Å². The molecule has 1 aromatic rings. The van der Waals surface area contributed by atoms with Crippen LogP contribution in [0.25, 0.3) is 0 Å². The zero-order valence-corrected chi connectivity index (χ0v) is 12.7. The third kappa shape index (κ3) is 2.62. The highest BCUT2D eigenvalue weighted by molar-refractivity contribution is 6.06. The van der Waals surface area contributed by atoms with Crippen LogP contribution in [0, 0.1) is 12.8 Å². The zero-order valence-electron chi connectivity index (χ0n) is 12.7. The van der Waals surface area contributed by atoms with Gasteiger partial charge in [0.15, 0.2) is 0 Å². The molecule has 0 radical (unpaired) electrons. The predicted molar refractivity (Wildman–Crippen MR) is 81.7 cm³/mol. The van der Waals surface area contributed by atoms with Crippen LogP contribution < -0.4 is 0 Å². The summed E-state index contributed by atoms with van der Waals surface area (Å²) in [6.45, 7) is 3.77. The quantitative estimate of drug-likeness (QED) is 0.672. The van der Waals surface area contributed by atoms with E-state index in [0.29, 0.717) is 25.3 Å². The van der Waals surface area contributed by atoms with Crippen LogP contribution in [-0.2, 0) is 16.1 Å². The first kappa shape index (κ1) is 14.7. The number of nitrogens with zero attached hydrogens (tertiary/aromatic N) is 3. The van der Waals surface area contributed by atoms with Crippen molar-refractivity contribution in [2.24, 2.45) is 10.9 Å². The third-order valence-corrected chi connectivity index (χ3v) is 4.14. The van der Waals surface area contributed by atoms with Crippen molar-refractivity contribution in [1.82, 2.24) is 9.88 Å². The van der Waals surface area contributed by atoms with Crippen molar-refractivity contribution in [2.45, 2.75) is 19.9 Å². The van der Waals surface area contributed by atoms with Crippen molar-refractivity contribution in [1.29, 1.82) is 0 Å². The Labute approximate surface area is 129 Å². The molecule has 0 unspecified atom stereocenters. The standard InChI is InChI=1S/C16H19N3O3/c1-10-15(20)14(13-4-3-5-17-13)11(6-18-10)7-19-8-12(9-19)16(21)22-2/h3,5-6,12,20H,4,7-9H2,1-2H3/i17+1. The first-order valence-electron chi connectivity index (χ1n) is 7.29. The molecule has 0 bridgehead atoms. The lowest BCUT2D eigenvalue weighted by atomic mass is 9.96. The number of aromatic hydroxyl groups is 1. The van der Waals surface area contributed by atoms with Gasteiger partial charge in [0.2, 0.25) is 0 Å². The van der Waals surface area contributed by atoms with Crippen molar-refractivity contribution < 1.29 is 14.6 Å². The minimum atomic E-state index is -0.161. The number of carbonyl (C=O) groups is 1. The summed E-state index contributed by atoms with van der Waals surface area (Å²) in [5.74, 6) is -0.0124. The Hall–Kier alpha value is -2.21. The smallest absolute Gasteiger partial charge is 0.311 e. The summed E-state index contributed by atoms with van der Waals surface area (Å²) in [6, 6.07) is 0. The Bertz CT molecular complexity index is 661. The molecule has 3 heterocycles. The molecule has 0 spiro atoms. The molecule has 1 aromatic heterocycles. The summed E-state index contributed by atoms with van der Waals surface area (Å²) in [4.78, 5) is 22.2. The third-order valence-electron chi connectivity index (χ3n) is 4.14. The van der Waals surface area contributed by atoms with E-state index in [1.165, 1.54) is 7.11 Å². The number of methoxy groups -OCH3 is 1. The number of esters is 1. The van der Waals surface area contributed by atoms with E-state index >= 15 is 0 Å². The van der Waals surface area contributed by atoms with E-state index in [1.54, 1.807) is 19.3 Å². The van der Waals surface area contributed by atoms with Gasteiger partial charge in [0.05, 0.1) is 24.4 Å². The van der Waals surface area contributed by atoms with Crippen LogP contribution in [0.2, 0.25) is 0 Å². The van der Waals surface area contributed by atoms with Crippen LogP contribution in [0.15, 0.2) is 23.5 Å². The number of aryl methyl sites for hydroxylation is 1. The van der Waals surface area contributed by atoms with Gasteiger partial charge >= 0.3 is 5.97 Å². The van der Waals surface area contributed by atoms with E-state index < -0.39 is 0 Å². The van der Waals surface area contributed by atoms with Crippen LogP contribution in [0.4, 0.5) is 0 Å². The maximum atomic E-state index is 11.4. The number of pyridine rings is 1. The van der Waals surface area contributed by atoms with E-state index in [4.69, 9.17) is 4.74 Å². The molecule has 0 aromatic carbocycles. The van der Waals surface area contributed by atoms with Gasteiger partial charge in [-0.25, -0.2) is 0 Å². The summed E-state index contributed by atoms with van der Waals surface area (Å²) >= 11 is 0. The fraction of sp³-hybridized carbons (Fsp3) is 0.438. The molecule has 0 amide bonds. The highest BCUT2D eigenvalue weighted by Gasteiger charge is 2.34. The fourth-order valence-electron chi connectivity index (χ4n) is 2.86. The number of aromatic nitrogens is 1. The minimum Gasteiger partial charge on any atom is -0.505 e. The number of allylic oxidation sites excluding steroid dienone is 1. The summed E-state index contributed by atoms with van der Waals surface area (Å²) in [7, 11) is 1.41. The Balaban J connectivity index is 1.77. The summed E-state index contributed by atoms with van der Waals surface area (Å²) < 4.78 is 4.75. The second-order valence-electron chi connectivity index (χ2n) is 5.67. The zero-order chi connectivity index (χ0) is 15.7. The Morgan fingerprint density at radius 3 is 2.91 bits per heavy atom. The first-order chi connectivity index (χ1) is 10.6.